The van der Waals surface area contributed by atoms with Crippen LogP contribution in [0.25, 0.3) is 0 Å². The first-order valence-electron chi connectivity index (χ1n) is 10.5. The van der Waals surface area contributed by atoms with Gasteiger partial charge in [0.25, 0.3) is 0 Å². The molecular formula is C21H31N3O5S. The van der Waals surface area contributed by atoms with Crippen molar-refractivity contribution >= 4 is 21.9 Å². The van der Waals surface area contributed by atoms with Crippen molar-refractivity contribution in [2.45, 2.75) is 37.5 Å². The van der Waals surface area contributed by atoms with E-state index in [1.54, 1.807) is 29.8 Å². The summed E-state index contributed by atoms with van der Waals surface area (Å²) < 4.78 is 32.5. The summed E-state index contributed by atoms with van der Waals surface area (Å²) in [5.41, 5.74) is 2.39. The number of hydrogen-bond acceptors (Lipinski definition) is 6. The highest BCUT2D eigenvalue weighted by molar-refractivity contribution is 7.89. The number of fused-ring (bicyclic) bond motifs is 1. The van der Waals surface area contributed by atoms with Gasteiger partial charge in [0.2, 0.25) is 15.9 Å². The van der Waals surface area contributed by atoms with Gasteiger partial charge in [-0.2, -0.15) is 4.31 Å². The molecule has 0 spiro atoms. The Morgan fingerprint density at radius 2 is 1.70 bits per heavy atom. The van der Waals surface area contributed by atoms with Crippen molar-refractivity contribution in [2.75, 3.05) is 52.9 Å². The average Bonchev–Trinajstić information content (AvgIpc) is 2.73. The van der Waals surface area contributed by atoms with Crippen molar-refractivity contribution in [3.05, 3.63) is 29.3 Å². The summed E-state index contributed by atoms with van der Waals surface area (Å²) in [6.07, 6.45) is 4.20. The lowest BCUT2D eigenvalue weighted by Gasteiger charge is -2.35. The lowest BCUT2D eigenvalue weighted by Crippen LogP contribution is -2.52. The van der Waals surface area contributed by atoms with E-state index in [1.165, 1.54) is 9.87 Å². The van der Waals surface area contributed by atoms with Gasteiger partial charge in [0.05, 0.1) is 24.6 Å². The number of likely N-dealkylation sites (N-methyl/N-ethyl adjacent to an activating group) is 1. The molecule has 0 saturated carbocycles. The lowest BCUT2D eigenvalue weighted by atomic mass is 9.92. The number of piperazine rings is 1. The fraction of sp³-hybridized carbons (Fsp3) is 0.619. The highest BCUT2D eigenvalue weighted by Crippen LogP contribution is 2.26. The van der Waals surface area contributed by atoms with E-state index in [0.29, 0.717) is 24.6 Å². The van der Waals surface area contributed by atoms with Gasteiger partial charge in [-0.15, -0.1) is 0 Å². The average molecular weight is 438 g/mol. The Labute approximate surface area is 178 Å². The van der Waals surface area contributed by atoms with Gasteiger partial charge in [-0.05, 0) is 62.9 Å². The van der Waals surface area contributed by atoms with Crippen LogP contribution in [0.2, 0.25) is 0 Å². The summed E-state index contributed by atoms with van der Waals surface area (Å²) in [5, 5.41) is 0. The minimum Gasteiger partial charge on any atom is -0.465 e. The van der Waals surface area contributed by atoms with Crippen LogP contribution in [0.5, 0.6) is 0 Å². The zero-order valence-corrected chi connectivity index (χ0v) is 18.6. The second-order valence-electron chi connectivity index (χ2n) is 7.90. The van der Waals surface area contributed by atoms with Crippen molar-refractivity contribution in [2.24, 2.45) is 0 Å². The Morgan fingerprint density at radius 3 is 2.37 bits per heavy atom. The predicted octanol–water partition coefficient (Wildman–Crippen LogP) is 0.893. The summed E-state index contributed by atoms with van der Waals surface area (Å²) >= 11 is 0. The summed E-state index contributed by atoms with van der Waals surface area (Å²) in [5.74, 6) is -0.485. The molecule has 2 aliphatic rings. The molecule has 1 amide bonds. The van der Waals surface area contributed by atoms with Crippen LogP contribution in [0.15, 0.2) is 23.1 Å². The Morgan fingerprint density at radius 1 is 1.03 bits per heavy atom. The van der Waals surface area contributed by atoms with Crippen molar-refractivity contribution in [3.63, 3.8) is 0 Å². The van der Waals surface area contributed by atoms with Crippen LogP contribution < -0.4 is 0 Å². The third kappa shape index (κ3) is 5.39. The number of aryl methyl sites for hydroxylation is 2. The second kappa shape index (κ2) is 9.89. The fourth-order valence-corrected chi connectivity index (χ4v) is 5.48. The van der Waals surface area contributed by atoms with E-state index < -0.39 is 10.0 Å². The maximum Gasteiger partial charge on any atom is 0.320 e. The van der Waals surface area contributed by atoms with Crippen LogP contribution >= 0.6 is 0 Å². The molecule has 1 aromatic rings. The van der Waals surface area contributed by atoms with Crippen molar-refractivity contribution < 1.29 is 22.7 Å². The quantitative estimate of drug-likeness (QED) is 0.589. The standard InChI is InChI=1S/C21H31N3O5S/c1-3-29-21(26)16-22(2)15-20(25)23-10-12-24(13-11-23)30(27,28)19-9-8-17-6-4-5-7-18(17)14-19/h8-9,14H,3-7,10-13,15-16H2,1-2H3. The molecule has 0 radical (unpaired) electrons. The summed E-state index contributed by atoms with van der Waals surface area (Å²) in [7, 11) is -1.88. The summed E-state index contributed by atoms with van der Waals surface area (Å²) in [4.78, 5) is 27.6. The SMILES string of the molecule is CCOC(=O)CN(C)CC(=O)N1CCN(S(=O)(=O)c2ccc3c(c2)CCCC3)CC1. The molecule has 3 rings (SSSR count). The molecule has 166 valence electrons. The van der Waals surface area contributed by atoms with Crippen molar-refractivity contribution in [1.82, 2.24) is 14.1 Å². The number of carbonyl (C=O) groups excluding carboxylic acids is 2. The maximum atomic E-state index is 13.1. The molecule has 0 N–H and O–H groups in total. The number of esters is 1. The van der Waals surface area contributed by atoms with E-state index in [2.05, 4.69) is 0 Å². The lowest BCUT2D eigenvalue weighted by molar-refractivity contribution is -0.144. The smallest absolute Gasteiger partial charge is 0.320 e. The highest BCUT2D eigenvalue weighted by atomic mass is 32.2. The number of nitrogens with zero attached hydrogens (tertiary/aromatic N) is 3. The topological polar surface area (TPSA) is 87.2 Å². The molecule has 1 aromatic carbocycles. The monoisotopic (exact) mass is 437 g/mol. The third-order valence-electron chi connectivity index (χ3n) is 5.66. The van der Waals surface area contributed by atoms with Crippen LogP contribution in [0.4, 0.5) is 0 Å². The van der Waals surface area contributed by atoms with E-state index >= 15 is 0 Å². The van der Waals surface area contributed by atoms with Gasteiger partial charge >= 0.3 is 5.97 Å². The summed E-state index contributed by atoms with van der Waals surface area (Å²) in [6, 6.07) is 5.48. The van der Waals surface area contributed by atoms with Crippen molar-refractivity contribution in [1.29, 1.82) is 0 Å². The molecule has 8 nitrogen and oxygen atoms in total. The van der Waals surface area contributed by atoms with Gasteiger partial charge in [-0.25, -0.2) is 8.42 Å². The number of rotatable bonds is 7. The third-order valence-corrected chi connectivity index (χ3v) is 7.55. The molecule has 30 heavy (non-hydrogen) atoms. The van der Waals surface area contributed by atoms with E-state index in [4.69, 9.17) is 4.74 Å². The molecular weight excluding hydrogens is 406 g/mol. The molecule has 9 heteroatoms. The minimum absolute atomic E-state index is 0.0479. The number of benzene rings is 1. The number of ether oxygens (including phenoxy) is 1. The predicted molar refractivity (Wildman–Crippen MR) is 113 cm³/mol. The zero-order valence-electron chi connectivity index (χ0n) is 17.8. The molecule has 0 atom stereocenters. The summed E-state index contributed by atoms with van der Waals surface area (Å²) in [6.45, 7) is 3.41. The number of carbonyl (C=O) groups is 2. The van der Waals surface area contributed by atoms with Gasteiger partial charge < -0.3 is 9.64 Å². The van der Waals surface area contributed by atoms with E-state index in [1.807, 2.05) is 12.1 Å². The molecule has 1 aliphatic heterocycles. The number of sulfonamides is 1. The van der Waals surface area contributed by atoms with Crippen LogP contribution in [0.3, 0.4) is 0 Å². The van der Waals surface area contributed by atoms with Gasteiger partial charge in [-0.1, -0.05) is 6.07 Å². The first kappa shape index (κ1) is 22.7. The first-order chi connectivity index (χ1) is 14.3. The maximum absolute atomic E-state index is 13.1. The van der Waals surface area contributed by atoms with Crippen molar-refractivity contribution in [3.8, 4) is 0 Å². The van der Waals surface area contributed by atoms with Gasteiger partial charge in [-0.3, -0.25) is 14.5 Å². The Balaban J connectivity index is 1.55. The number of hydrogen-bond donors (Lipinski definition) is 0. The minimum atomic E-state index is -3.57. The number of amides is 1. The van der Waals surface area contributed by atoms with Gasteiger partial charge in [0, 0.05) is 26.2 Å². The Bertz CT molecular complexity index is 879. The molecule has 1 saturated heterocycles. The molecule has 1 aliphatic carbocycles. The normalized spacial score (nSPS) is 17.6. The fourth-order valence-electron chi connectivity index (χ4n) is 4.01. The van der Waals surface area contributed by atoms with Crippen LogP contribution in [-0.2, 0) is 37.2 Å². The Kier molecular flexibility index (Phi) is 7.49. The molecule has 0 aromatic heterocycles. The molecule has 0 bridgehead atoms. The Hall–Kier alpha value is -1.97. The van der Waals surface area contributed by atoms with Crippen LogP contribution in [0.1, 0.15) is 30.9 Å². The van der Waals surface area contributed by atoms with E-state index in [-0.39, 0.29) is 38.1 Å². The first-order valence-corrected chi connectivity index (χ1v) is 12.0. The van der Waals surface area contributed by atoms with E-state index in [9.17, 15) is 18.0 Å². The molecule has 1 heterocycles. The van der Waals surface area contributed by atoms with Gasteiger partial charge in [0.15, 0.2) is 0 Å². The second-order valence-corrected chi connectivity index (χ2v) is 9.84. The van der Waals surface area contributed by atoms with Gasteiger partial charge in [0.1, 0.15) is 0 Å². The molecule has 0 unspecified atom stereocenters. The van der Waals surface area contributed by atoms with Crippen LogP contribution in [-0.4, -0.2) is 87.3 Å². The largest absolute Gasteiger partial charge is 0.465 e. The van der Waals surface area contributed by atoms with Crippen LogP contribution in [0, 0.1) is 0 Å². The van der Waals surface area contributed by atoms with E-state index in [0.717, 1.165) is 31.2 Å². The zero-order chi connectivity index (χ0) is 21.7. The molecule has 1 fully saturated rings. The highest BCUT2D eigenvalue weighted by Gasteiger charge is 2.31.